The lowest BCUT2D eigenvalue weighted by Gasteiger charge is -2.21. The van der Waals surface area contributed by atoms with Crippen molar-refractivity contribution in [3.8, 4) is 0 Å². The van der Waals surface area contributed by atoms with E-state index in [1.54, 1.807) is 9.58 Å². The van der Waals surface area contributed by atoms with E-state index in [1.165, 1.54) is 0 Å². The highest BCUT2D eigenvalue weighted by Crippen LogP contribution is 2.35. The molecule has 3 rings (SSSR count). The van der Waals surface area contributed by atoms with Crippen LogP contribution in [0.25, 0.3) is 0 Å². The Morgan fingerprint density at radius 1 is 1.19 bits per heavy atom. The lowest BCUT2D eigenvalue weighted by molar-refractivity contribution is -0.141. The second-order valence-corrected chi connectivity index (χ2v) is 7.13. The first-order chi connectivity index (χ1) is 12.3. The average molecular weight is 355 g/mol. The maximum Gasteiger partial charge on any atom is 0.308 e. The third kappa shape index (κ3) is 3.11. The largest absolute Gasteiger partial charge is 0.481 e. The molecule has 1 aromatic carbocycles. The first-order valence-corrected chi connectivity index (χ1v) is 8.87. The zero-order valence-electron chi connectivity index (χ0n) is 15.6. The van der Waals surface area contributed by atoms with Gasteiger partial charge in [0.15, 0.2) is 0 Å². The van der Waals surface area contributed by atoms with Crippen LogP contribution in [0.15, 0.2) is 30.3 Å². The Hall–Kier alpha value is -2.63. The van der Waals surface area contributed by atoms with Gasteiger partial charge in [-0.1, -0.05) is 30.3 Å². The van der Waals surface area contributed by atoms with Gasteiger partial charge in [-0.3, -0.25) is 14.3 Å². The van der Waals surface area contributed by atoms with Crippen molar-refractivity contribution in [2.45, 2.75) is 32.6 Å². The summed E-state index contributed by atoms with van der Waals surface area (Å²) < 4.78 is 1.78. The minimum atomic E-state index is -0.851. The first kappa shape index (κ1) is 18.2. The molecule has 1 amide bonds. The van der Waals surface area contributed by atoms with E-state index in [-0.39, 0.29) is 24.3 Å². The van der Waals surface area contributed by atoms with Crippen LogP contribution < -0.4 is 0 Å². The van der Waals surface area contributed by atoms with Crippen molar-refractivity contribution in [3.63, 3.8) is 0 Å². The van der Waals surface area contributed by atoms with Crippen LogP contribution in [0.4, 0.5) is 0 Å². The number of benzene rings is 1. The minimum absolute atomic E-state index is 0.0334. The van der Waals surface area contributed by atoms with Crippen LogP contribution in [-0.4, -0.2) is 44.8 Å². The molecule has 1 saturated heterocycles. The summed E-state index contributed by atoms with van der Waals surface area (Å²) in [6.45, 7) is 6.42. The molecule has 3 unspecified atom stereocenters. The summed E-state index contributed by atoms with van der Waals surface area (Å²) in [6, 6.07) is 9.60. The van der Waals surface area contributed by atoms with Crippen molar-refractivity contribution < 1.29 is 14.7 Å². The Morgan fingerprint density at radius 2 is 1.85 bits per heavy atom. The molecular formula is C20H25N3O3. The predicted molar refractivity (Wildman–Crippen MR) is 98.0 cm³/mol. The van der Waals surface area contributed by atoms with Crippen molar-refractivity contribution in [1.29, 1.82) is 0 Å². The number of nitrogens with zero attached hydrogens (tertiary/aromatic N) is 3. The highest BCUT2D eigenvalue weighted by molar-refractivity contribution is 5.85. The second-order valence-electron chi connectivity index (χ2n) is 7.13. The number of rotatable bonds is 4. The van der Waals surface area contributed by atoms with E-state index in [1.807, 2.05) is 58.2 Å². The van der Waals surface area contributed by atoms with E-state index < -0.39 is 11.9 Å². The molecule has 26 heavy (non-hydrogen) atoms. The summed E-state index contributed by atoms with van der Waals surface area (Å²) in [5.74, 6) is -1.98. The van der Waals surface area contributed by atoms with Gasteiger partial charge in [-0.2, -0.15) is 5.10 Å². The Bertz CT molecular complexity index is 828. The molecule has 0 aliphatic carbocycles. The number of carbonyl (C=O) groups is 2. The summed E-state index contributed by atoms with van der Waals surface area (Å²) in [5, 5.41) is 14.0. The van der Waals surface area contributed by atoms with Gasteiger partial charge in [0, 0.05) is 37.3 Å². The molecule has 0 spiro atoms. The van der Waals surface area contributed by atoms with Gasteiger partial charge in [-0.15, -0.1) is 0 Å². The molecule has 2 aromatic rings. The number of aryl methyl sites for hydroxylation is 2. The molecule has 6 nitrogen and oxygen atoms in total. The predicted octanol–water partition coefficient (Wildman–Crippen LogP) is 2.47. The number of carbonyl (C=O) groups excluding carboxylic acids is 1. The van der Waals surface area contributed by atoms with Crippen molar-refractivity contribution in [3.05, 3.63) is 52.8 Å². The monoisotopic (exact) mass is 355 g/mol. The minimum Gasteiger partial charge on any atom is -0.481 e. The van der Waals surface area contributed by atoms with E-state index in [4.69, 9.17) is 0 Å². The summed E-state index contributed by atoms with van der Waals surface area (Å²) in [5.41, 5.74) is 3.72. The fourth-order valence-electron chi connectivity index (χ4n) is 4.09. The van der Waals surface area contributed by atoms with Crippen LogP contribution in [0.3, 0.4) is 0 Å². The molecule has 3 atom stereocenters. The molecule has 138 valence electrons. The Balaban J connectivity index is 1.85. The molecule has 1 aromatic heterocycles. The Morgan fingerprint density at radius 3 is 2.38 bits per heavy atom. The quantitative estimate of drug-likeness (QED) is 0.914. The van der Waals surface area contributed by atoms with Crippen molar-refractivity contribution in [2.24, 2.45) is 13.0 Å². The molecule has 1 N–H and O–H groups in total. The molecule has 2 heterocycles. The number of likely N-dealkylation sites (tertiary alicyclic amines) is 1. The zero-order valence-corrected chi connectivity index (χ0v) is 15.6. The highest BCUT2D eigenvalue weighted by Gasteiger charge is 2.41. The Kier molecular flexibility index (Phi) is 4.85. The smallest absolute Gasteiger partial charge is 0.308 e. The molecule has 0 radical (unpaired) electrons. The number of aromatic nitrogens is 2. The number of hydrogen-bond donors (Lipinski definition) is 1. The maximum absolute atomic E-state index is 13.1. The number of aliphatic carboxylic acids is 1. The SMILES string of the molecule is Cc1nn(C)c(C)c1C(C)C(=O)N1CC(C(=O)O)C(c2ccccc2)C1. The summed E-state index contributed by atoms with van der Waals surface area (Å²) in [4.78, 5) is 26.6. The summed E-state index contributed by atoms with van der Waals surface area (Å²) in [6.07, 6.45) is 0. The number of hydrogen-bond acceptors (Lipinski definition) is 3. The van der Waals surface area contributed by atoms with E-state index >= 15 is 0 Å². The number of carboxylic acids is 1. The van der Waals surface area contributed by atoms with Gasteiger partial charge in [-0.05, 0) is 26.3 Å². The van der Waals surface area contributed by atoms with Crippen LogP contribution in [-0.2, 0) is 16.6 Å². The lowest BCUT2D eigenvalue weighted by atomic mass is 9.89. The van der Waals surface area contributed by atoms with Crippen LogP contribution in [0.2, 0.25) is 0 Å². The fraction of sp³-hybridized carbons (Fsp3) is 0.450. The highest BCUT2D eigenvalue weighted by atomic mass is 16.4. The van der Waals surface area contributed by atoms with E-state index in [0.717, 1.165) is 22.5 Å². The van der Waals surface area contributed by atoms with Gasteiger partial charge < -0.3 is 10.0 Å². The summed E-state index contributed by atoms with van der Waals surface area (Å²) in [7, 11) is 1.87. The van der Waals surface area contributed by atoms with E-state index in [2.05, 4.69) is 5.10 Å². The number of amides is 1. The standard InChI is InChI=1S/C20H25N3O3/c1-12(18-13(2)21-22(4)14(18)3)19(24)23-10-16(17(11-23)20(25)26)15-8-6-5-7-9-15/h5-9,12,16-17H,10-11H2,1-4H3,(H,25,26). The molecule has 6 heteroatoms. The molecule has 0 bridgehead atoms. The van der Waals surface area contributed by atoms with Gasteiger partial charge in [0.25, 0.3) is 0 Å². The third-order valence-electron chi connectivity index (χ3n) is 5.54. The van der Waals surface area contributed by atoms with Crippen LogP contribution in [0.5, 0.6) is 0 Å². The summed E-state index contributed by atoms with van der Waals surface area (Å²) >= 11 is 0. The first-order valence-electron chi connectivity index (χ1n) is 8.87. The fourth-order valence-corrected chi connectivity index (χ4v) is 4.09. The van der Waals surface area contributed by atoms with Crippen LogP contribution in [0, 0.1) is 19.8 Å². The van der Waals surface area contributed by atoms with Gasteiger partial charge in [0.05, 0.1) is 17.5 Å². The zero-order chi connectivity index (χ0) is 19.0. The van der Waals surface area contributed by atoms with Crippen molar-refractivity contribution >= 4 is 11.9 Å². The normalized spacial score (nSPS) is 21.0. The van der Waals surface area contributed by atoms with E-state index in [0.29, 0.717) is 6.54 Å². The average Bonchev–Trinajstić information content (AvgIpc) is 3.16. The molecule has 0 saturated carbocycles. The topological polar surface area (TPSA) is 75.4 Å². The van der Waals surface area contributed by atoms with Gasteiger partial charge in [-0.25, -0.2) is 0 Å². The molecular weight excluding hydrogens is 330 g/mol. The number of carboxylic acid groups (broad SMARTS) is 1. The second kappa shape index (κ2) is 6.94. The molecule has 1 aliphatic heterocycles. The van der Waals surface area contributed by atoms with Gasteiger partial charge in [0.2, 0.25) is 5.91 Å². The van der Waals surface area contributed by atoms with Gasteiger partial charge >= 0.3 is 5.97 Å². The lowest BCUT2D eigenvalue weighted by Crippen LogP contribution is -2.33. The third-order valence-corrected chi connectivity index (χ3v) is 5.54. The van der Waals surface area contributed by atoms with Gasteiger partial charge in [0.1, 0.15) is 0 Å². The van der Waals surface area contributed by atoms with Crippen LogP contribution >= 0.6 is 0 Å². The van der Waals surface area contributed by atoms with Crippen molar-refractivity contribution in [1.82, 2.24) is 14.7 Å². The Labute approximate surface area is 153 Å². The maximum atomic E-state index is 13.1. The van der Waals surface area contributed by atoms with Crippen LogP contribution in [0.1, 0.15) is 41.3 Å². The van der Waals surface area contributed by atoms with E-state index in [9.17, 15) is 14.7 Å². The molecule has 1 fully saturated rings. The molecule has 1 aliphatic rings. The van der Waals surface area contributed by atoms with Crippen molar-refractivity contribution in [2.75, 3.05) is 13.1 Å².